The molecule has 2 heterocycles. The van der Waals surface area contributed by atoms with E-state index in [1.165, 1.54) is 0 Å². The Labute approximate surface area is 177 Å². The van der Waals surface area contributed by atoms with Crippen LogP contribution in [0.3, 0.4) is 0 Å². The van der Waals surface area contributed by atoms with Crippen molar-refractivity contribution >= 4 is 44.5 Å². The van der Waals surface area contributed by atoms with E-state index in [-0.39, 0.29) is 30.4 Å². The van der Waals surface area contributed by atoms with Gasteiger partial charge in [-0.25, -0.2) is 4.98 Å². The fraction of sp³-hybridized carbons (Fsp3) is 0.318. The third-order valence-corrected chi connectivity index (χ3v) is 5.50. The number of para-hydroxylation sites is 2. The van der Waals surface area contributed by atoms with Crippen molar-refractivity contribution in [1.82, 2.24) is 9.55 Å². The number of benzene rings is 2. The molecule has 1 aliphatic heterocycles. The number of anilines is 1. The highest BCUT2D eigenvalue weighted by molar-refractivity contribution is 9.10. The number of ether oxygens (including phenoxy) is 1. The first-order chi connectivity index (χ1) is 13.9. The number of hydrogen-bond donors (Lipinski definition) is 0. The molecule has 3 aromatic rings. The summed E-state index contributed by atoms with van der Waals surface area (Å²) in [5, 5.41) is 0. The second-order valence-electron chi connectivity index (χ2n) is 7.47. The van der Waals surface area contributed by atoms with E-state index < -0.39 is 0 Å². The van der Waals surface area contributed by atoms with Gasteiger partial charge in [0.05, 0.1) is 17.1 Å². The highest BCUT2D eigenvalue weighted by Gasteiger charge is 2.35. The van der Waals surface area contributed by atoms with Crippen molar-refractivity contribution in [1.29, 1.82) is 0 Å². The Morgan fingerprint density at radius 2 is 1.93 bits per heavy atom. The van der Waals surface area contributed by atoms with Gasteiger partial charge >= 0.3 is 5.97 Å². The minimum atomic E-state index is -0.307. The van der Waals surface area contributed by atoms with Crippen LogP contribution in [0.5, 0.6) is 0 Å². The highest BCUT2D eigenvalue weighted by atomic mass is 79.9. The van der Waals surface area contributed by atoms with Gasteiger partial charge in [0, 0.05) is 29.0 Å². The molecule has 1 fully saturated rings. The molecule has 150 valence electrons. The Hall–Kier alpha value is -2.67. The highest BCUT2D eigenvalue weighted by Crippen LogP contribution is 2.33. The summed E-state index contributed by atoms with van der Waals surface area (Å²) >= 11 is 3.43. The minimum Gasteiger partial charge on any atom is -0.462 e. The predicted octanol–water partition coefficient (Wildman–Crippen LogP) is 4.27. The van der Waals surface area contributed by atoms with Gasteiger partial charge in [-0.1, -0.05) is 28.1 Å². The summed E-state index contributed by atoms with van der Waals surface area (Å²) in [6.45, 7) is 4.27. The largest absolute Gasteiger partial charge is 0.462 e. The zero-order valence-corrected chi connectivity index (χ0v) is 17.9. The van der Waals surface area contributed by atoms with E-state index in [9.17, 15) is 9.59 Å². The number of carbonyl (C=O) groups is 2. The van der Waals surface area contributed by atoms with Gasteiger partial charge in [0.1, 0.15) is 12.4 Å². The molecule has 1 atom stereocenters. The Balaban J connectivity index is 1.66. The van der Waals surface area contributed by atoms with Crippen LogP contribution in [0.15, 0.2) is 53.0 Å². The molecule has 4 rings (SSSR count). The minimum absolute atomic E-state index is 0.0562. The monoisotopic (exact) mass is 455 g/mol. The molecule has 1 aliphatic rings. The lowest BCUT2D eigenvalue weighted by Gasteiger charge is -2.17. The predicted molar refractivity (Wildman–Crippen MR) is 115 cm³/mol. The zero-order chi connectivity index (χ0) is 20.5. The van der Waals surface area contributed by atoms with Crippen LogP contribution in [0.25, 0.3) is 11.0 Å². The van der Waals surface area contributed by atoms with Crippen LogP contribution in [-0.2, 0) is 20.9 Å². The molecule has 1 amide bonds. The van der Waals surface area contributed by atoms with Crippen molar-refractivity contribution in [3.8, 4) is 0 Å². The quantitative estimate of drug-likeness (QED) is 0.538. The third kappa shape index (κ3) is 4.05. The Morgan fingerprint density at radius 1 is 1.21 bits per heavy atom. The number of esters is 1. The Morgan fingerprint density at radius 3 is 2.66 bits per heavy atom. The molecule has 29 heavy (non-hydrogen) atoms. The van der Waals surface area contributed by atoms with E-state index in [4.69, 9.17) is 9.72 Å². The molecule has 0 radical (unpaired) electrons. The van der Waals surface area contributed by atoms with E-state index >= 15 is 0 Å². The second-order valence-corrected chi connectivity index (χ2v) is 8.38. The maximum atomic E-state index is 12.7. The molecule has 0 bridgehead atoms. The number of aromatic nitrogens is 2. The van der Waals surface area contributed by atoms with Gasteiger partial charge in [0.15, 0.2) is 0 Å². The number of rotatable bonds is 5. The van der Waals surface area contributed by atoms with Crippen LogP contribution in [0, 0.1) is 0 Å². The molecule has 0 saturated carbocycles. The summed E-state index contributed by atoms with van der Waals surface area (Å²) in [6.07, 6.45) is 0.181. The average molecular weight is 456 g/mol. The van der Waals surface area contributed by atoms with Crippen LogP contribution >= 0.6 is 15.9 Å². The second kappa shape index (κ2) is 7.99. The van der Waals surface area contributed by atoms with Crippen LogP contribution in [0.1, 0.15) is 32.0 Å². The van der Waals surface area contributed by atoms with Crippen LogP contribution < -0.4 is 4.90 Å². The summed E-state index contributed by atoms with van der Waals surface area (Å²) in [6, 6.07) is 15.4. The summed E-state index contributed by atoms with van der Waals surface area (Å²) in [7, 11) is 0. The number of fused-ring (bicyclic) bond motifs is 1. The number of nitrogens with zero attached hydrogens (tertiary/aromatic N) is 3. The number of amides is 1. The molecule has 0 aliphatic carbocycles. The van der Waals surface area contributed by atoms with Gasteiger partial charge in [-0.2, -0.15) is 0 Å². The Kier molecular flexibility index (Phi) is 5.41. The SMILES string of the molecule is CC(C)OC(=O)Cn1c(C2CC(=O)N(c3ccc(Br)cc3)C2)nc2ccccc21. The first-order valence-electron chi connectivity index (χ1n) is 9.63. The van der Waals surface area contributed by atoms with Crippen molar-refractivity contribution in [3.05, 3.63) is 58.8 Å². The fourth-order valence-electron chi connectivity index (χ4n) is 3.75. The van der Waals surface area contributed by atoms with Crippen LogP contribution in [0.4, 0.5) is 5.69 Å². The van der Waals surface area contributed by atoms with E-state index in [0.29, 0.717) is 13.0 Å². The van der Waals surface area contributed by atoms with Crippen molar-refractivity contribution in [2.75, 3.05) is 11.4 Å². The number of imidazole rings is 1. The molecule has 0 spiro atoms. The summed E-state index contributed by atoms with van der Waals surface area (Å²) in [4.78, 5) is 31.6. The molecule has 0 N–H and O–H groups in total. The number of carbonyl (C=O) groups excluding carboxylic acids is 2. The molecule has 1 aromatic heterocycles. The molecule has 7 heteroatoms. The van der Waals surface area contributed by atoms with E-state index in [1.807, 2.05) is 66.9 Å². The molecule has 2 aromatic carbocycles. The topological polar surface area (TPSA) is 64.4 Å². The number of hydrogen-bond acceptors (Lipinski definition) is 4. The summed E-state index contributed by atoms with van der Waals surface area (Å²) in [5.74, 6) is 0.407. The maximum absolute atomic E-state index is 12.7. The van der Waals surface area contributed by atoms with Crippen LogP contribution in [-0.4, -0.2) is 34.1 Å². The molecule has 6 nitrogen and oxygen atoms in total. The first kappa shape index (κ1) is 19.6. The lowest BCUT2D eigenvalue weighted by molar-refractivity contribution is -0.148. The van der Waals surface area contributed by atoms with Crippen LogP contribution in [0.2, 0.25) is 0 Å². The zero-order valence-electron chi connectivity index (χ0n) is 16.3. The van der Waals surface area contributed by atoms with Gasteiger partial charge in [-0.3, -0.25) is 9.59 Å². The smallest absolute Gasteiger partial charge is 0.326 e. The lowest BCUT2D eigenvalue weighted by atomic mass is 10.1. The van der Waals surface area contributed by atoms with Crippen molar-refractivity contribution in [3.63, 3.8) is 0 Å². The van der Waals surface area contributed by atoms with Gasteiger partial charge in [-0.15, -0.1) is 0 Å². The van der Waals surface area contributed by atoms with E-state index in [2.05, 4.69) is 15.9 Å². The number of halogens is 1. The third-order valence-electron chi connectivity index (χ3n) is 4.97. The van der Waals surface area contributed by atoms with Crippen molar-refractivity contribution < 1.29 is 14.3 Å². The summed E-state index contributed by atoms with van der Waals surface area (Å²) < 4.78 is 8.20. The van der Waals surface area contributed by atoms with Crippen molar-refractivity contribution in [2.45, 2.75) is 38.8 Å². The molecular weight excluding hydrogens is 434 g/mol. The first-order valence-corrected chi connectivity index (χ1v) is 10.4. The van der Waals surface area contributed by atoms with Crippen molar-refractivity contribution in [2.24, 2.45) is 0 Å². The molecular formula is C22H22BrN3O3. The summed E-state index contributed by atoms with van der Waals surface area (Å²) in [5.41, 5.74) is 2.55. The normalized spacial score (nSPS) is 16.8. The van der Waals surface area contributed by atoms with Gasteiger partial charge in [0.25, 0.3) is 0 Å². The maximum Gasteiger partial charge on any atom is 0.326 e. The fourth-order valence-corrected chi connectivity index (χ4v) is 4.02. The average Bonchev–Trinajstić information content (AvgIpc) is 3.23. The van der Waals surface area contributed by atoms with E-state index in [0.717, 1.165) is 27.0 Å². The van der Waals surface area contributed by atoms with Gasteiger partial charge < -0.3 is 14.2 Å². The lowest BCUT2D eigenvalue weighted by Crippen LogP contribution is -2.25. The molecule has 1 saturated heterocycles. The van der Waals surface area contributed by atoms with Gasteiger partial charge in [0.2, 0.25) is 5.91 Å². The van der Waals surface area contributed by atoms with Gasteiger partial charge in [-0.05, 0) is 50.2 Å². The Bertz CT molecular complexity index is 1060. The standard InChI is InChI=1S/C22H22BrN3O3/c1-14(2)29-21(28)13-26-19-6-4-3-5-18(19)24-22(26)15-11-20(27)25(12-15)17-9-7-16(23)8-10-17/h3-10,14-15H,11-13H2,1-2H3. The molecule has 1 unspecified atom stereocenters. The van der Waals surface area contributed by atoms with E-state index in [1.54, 1.807) is 4.90 Å².